The van der Waals surface area contributed by atoms with Gasteiger partial charge in [-0.15, -0.1) is 10.2 Å². The summed E-state index contributed by atoms with van der Waals surface area (Å²) in [5, 5.41) is 12.1. The summed E-state index contributed by atoms with van der Waals surface area (Å²) in [7, 11) is 0. The van der Waals surface area contributed by atoms with Crippen LogP contribution in [0, 0.1) is 6.92 Å². The number of hydrogen-bond donors (Lipinski definition) is 1. The van der Waals surface area contributed by atoms with Crippen LogP contribution < -0.4 is 10.2 Å². The molecule has 1 aliphatic heterocycles. The molecule has 0 unspecified atom stereocenters. The van der Waals surface area contributed by atoms with Crippen molar-refractivity contribution in [1.29, 1.82) is 0 Å². The zero-order chi connectivity index (χ0) is 22.3. The summed E-state index contributed by atoms with van der Waals surface area (Å²) in [5.41, 5.74) is 2.22. The molecular weight excluding hydrogens is 446 g/mol. The molecule has 1 aromatic carbocycles. The van der Waals surface area contributed by atoms with Crippen molar-refractivity contribution >= 4 is 40.0 Å². The lowest BCUT2D eigenvalue weighted by Gasteiger charge is -2.34. The number of furan rings is 1. The van der Waals surface area contributed by atoms with Crippen molar-refractivity contribution in [3.63, 3.8) is 0 Å². The molecule has 10 heteroatoms. The van der Waals surface area contributed by atoms with Crippen LogP contribution in [0.1, 0.15) is 16.9 Å². The van der Waals surface area contributed by atoms with Crippen LogP contribution in [-0.4, -0.2) is 58.8 Å². The van der Waals surface area contributed by atoms with E-state index >= 15 is 0 Å². The van der Waals surface area contributed by atoms with Gasteiger partial charge in [-0.3, -0.25) is 9.59 Å². The second-order valence-electron chi connectivity index (χ2n) is 7.53. The summed E-state index contributed by atoms with van der Waals surface area (Å²) in [6.45, 7) is 5.20. The number of aryl methyl sites for hydroxylation is 1. The van der Waals surface area contributed by atoms with Gasteiger partial charge in [0.15, 0.2) is 4.34 Å². The number of rotatable bonds is 8. The Morgan fingerprint density at radius 2 is 2.00 bits per heavy atom. The van der Waals surface area contributed by atoms with Crippen LogP contribution in [0.4, 0.5) is 5.13 Å². The van der Waals surface area contributed by atoms with Crippen LogP contribution >= 0.6 is 23.1 Å². The largest absolute Gasteiger partial charge is 0.467 e. The Morgan fingerprint density at radius 1 is 1.16 bits per heavy atom. The summed E-state index contributed by atoms with van der Waals surface area (Å²) in [6.07, 6.45) is 2.02. The van der Waals surface area contributed by atoms with Crippen LogP contribution in [0.25, 0.3) is 0 Å². The molecule has 1 aliphatic rings. The van der Waals surface area contributed by atoms with Crippen LogP contribution in [-0.2, 0) is 22.6 Å². The number of piperazine rings is 1. The molecule has 0 atom stereocenters. The molecule has 4 rings (SSSR count). The third-order valence-electron chi connectivity index (χ3n) is 5.10. The molecular formula is C22H25N5O3S2. The van der Waals surface area contributed by atoms with Gasteiger partial charge >= 0.3 is 0 Å². The molecule has 8 nitrogen and oxygen atoms in total. The first-order valence-electron chi connectivity index (χ1n) is 10.4. The predicted octanol–water partition coefficient (Wildman–Crippen LogP) is 2.74. The minimum atomic E-state index is -0.0797. The van der Waals surface area contributed by atoms with Crippen LogP contribution in [0.15, 0.2) is 51.4 Å². The Kier molecular flexibility index (Phi) is 7.43. The molecule has 3 aromatic rings. The first-order valence-corrected chi connectivity index (χ1v) is 12.2. The summed E-state index contributed by atoms with van der Waals surface area (Å²) in [6, 6.07) is 11.7. The quantitative estimate of drug-likeness (QED) is 0.505. The number of nitrogens with one attached hydrogen (secondary N) is 1. The number of nitrogens with zero attached hydrogens (tertiary/aromatic N) is 4. The summed E-state index contributed by atoms with van der Waals surface area (Å²) in [5.74, 6) is 1.07. The second kappa shape index (κ2) is 10.6. The minimum Gasteiger partial charge on any atom is -0.467 e. The van der Waals surface area contributed by atoms with E-state index in [-0.39, 0.29) is 17.6 Å². The molecule has 1 saturated heterocycles. The number of hydrogen-bond acceptors (Lipinski definition) is 8. The van der Waals surface area contributed by atoms with Crippen molar-refractivity contribution in [2.75, 3.05) is 36.8 Å². The van der Waals surface area contributed by atoms with Crippen molar-refractivity contribution in [2.45, 2.75) is 24.2 Å². The maximum absolute atomic E-state index is 12.6. The highest BCUT2D eigenvalue weighted by atomic mass is 32.2. The highest BCUT2D eigenvalue weighted by Crippen LogP contribution is 2.28. The number of aromatic nitrogens is 2. The van der Waals surface area contributed by atoms with Gasteiger partial charge in [0.25, 0.3) is 0 Å². The molecule has 2 aromatic heterocycles. The number of carbonyl (C=O) groups excluding carboxylic acids is 2. The average molecular weight is 472 g/mol. The third kappa shape index (κ3) is 6.10. The Bertz CT molecular complexity index is 1050. The Balaban J connectivity index is 1.20. The zero-order valence-electron chi connectivity index (χ0n) is 17.8. The van der Waals surface area contributed by atoms with E-state index in [4.69, 9.17) is 4.42 Å². The van der Waals surface area contributed by atoms with Crippen molar-refractivity contribution in [3.8, 4) is 0 Å². The lowest BCUT2D eigenvalue weighted by Crippen LogP contribution is -2.49. The average Bonchev–Trinajstić information content (AvgIpc) is 3.49. The van der Waals surface area contributed by atoms with Gasteiger partial charge in [-0.25, -0.2) is 0 Å². The summed E-state index contributed by atoms with van der Waals surface area (Å²) >= 11 is 2.85. The van der Waals surface area contributed by atoms with Gasteiger partial charge in [-0.2, -0.15) is 0 Å². The van der Waals surface area contributed by atoms with E-state index in [1.54, 1.807) is 12.3 Å². The van der Waals surface area contributed by atoms with Crippen LogP contribution in [0.3, 0.4) is 0 Å². The summed E-state index contributed by atoms with van der Waals surface area (Å²) < 4.78 is 5.96. The lowest BCUT2D eigenvalue weighted by atomic mass is 10.1. The van der Waals surface area contributed by atoms with E-state index < -0.39 is 0 Å². The molecule has 0 aliphatic carbocycles. The fourth-order valence-corrected chi connectivity index (χ4v) is 5.14. The van der Waals surface area contributed by atoms with E-state index in [2.05, 4.69) is 26.5 Å². The van der Waals surface area contributed by atoms with E-state index in [1.807, 2.05) is 36.1 Å². The standard InChI is InChI=1S/C22H25N5O3S2/c1-16-4-2-5-17(12-16)13-20(29)26-7-9-27(10-8-26)21-24-25-22(32-21)31-15-19(28)23-14-18-6-3-11-30-18/h2-6,11-12H,7-10,13-15H2,1H3,(H,23,28). The number of amides is 2. The number of benzene rings is 1. The van der Waals surface area contributed by atoms with Crippen LogP contribution in [0.5, 0.6) is 0 Å². The molecule has 0 spiro atoms. The summed E-state index contributed by atoms with van der Waals surface area (Å²) in [4.78, 5) is 28.7. The highest BCUT2D eigenvalue weighted by molar-refractivity contribution is 8.01. The minimum absolute atomic E-state index is 0.0797. The third-order valence-corrected chi connectivity index (χ3v) is 7.22. The maximum Gasteiger partial charge on any atom is 0.230 e. The number of anilines is 1. The van der Waals surface area contributed by atoms with Crippen molar-refractivity contribution in [3.05, 3.63) is 59.5 Å². The van der Waals surface area contributed by atoms with E-state index in [0.29, 0.717) is 26.1 Å². The fourth-order valence-electron chi connectivity index (χ4n) is 3.42. The SMILES string of the molecule is Cc1cccc(CC(=O)N2CCN(c3nnc(SCC(=O)NCc4ccco4)s3)CC2)c1. The van der Waals surface area contributed by atoms with Crippen molar-refractivity contribution in [1.82, 2.24) is 20.4 Å². The van der Waals surface area contributed by atoms with Gasteiger partial charge in [-0.1, -0.05) is 52.9 Å². The van der Waals surface area contributed by atoms with Gasteiger partial charge in [0.05, 0.1) is 25.0 Å². The van der Waals surface area contributed by atoms with Gasteiger partial charge in [0, 0.05) is 26.2 Å². The normalized spacial score (nSPS) is 13.9. The Hall–Kier alpha value is -2.85. The Morgan fingerprint density at radius 3 is 2.75 bits per heavy atom. The zero-order valence-corrected chi connectivity index (χ0v) is 19.5. The molecule has 2 amide bonds. The fraction of sp³-hybridized carbons (Fsp3) is 0.364. The van der Waals surface area contributed by atoms with Crippen molar-refractivity contribution < 1.29 is 14.0 Å². The first kappa shape index (κ1) is 22.3. The van der Waals surface area contributed by atoms with E-state index in [0.717, 1.165) is 33.9 Å². The lowest BCUT2D eigenvalue weighted by molar-refractivity contribution is -0.130. The molecule has 32 heavy (non-hydrogen) atoms. The Labute approximate surface area is 195 Å². The van der Waals surface area contributed by atoms with Gasteiger partial charge < -0.3 is 19.5 Å². The first-order chi connectivity index (χ1) is 15.6. The number of carbonyl (C=O) groups is 2. The molecule has 0 radical (unpaired) electrons. The van der Waals surface area contributed by atoms with Crippen molar-refractivity contribution in [2.24, 2.45) is 0 Å². The van der Waals surface area contributed by atoms with Gasteiger partial charge in [-0.05, 0) is 24.6 Å². The molecule has 3 heterocycles. The predicted molar refractivity (Wildman–Crippen MR) is 125 cm³/mol. The molecule has 1 fully saturated rings. The number of thioether (sulfide) groups is 1. The van der Waals surface area contributed by atoms with E-state index in [9.17, 15) is 9.59 Å². The second-order valence-corrected chi connectivity index (χ2v) is 9.71. The van der Waals surface area contributed by atoms with Gasteiger partial charge in [0.2, 0.25) is 16.9 Å². The topological polar surface area (TPSA) is 91.6 Å². The smallest absolute Gasteiger partial charge is 0.230 e. The molecule has 0 bridgehead atoms. The highest BCUT2D eigenvalue weighted by Gasteiger charge is 2.23. The molecule has 0 saturated carbocycles. The molecule has 1 N–H and O–H groups in total. The van der Waals surface area contributed by atoms with E-state index in [1.165, 1.54) is 28.7 Å². The van der Waals surface area contributed by atoms with Gasteiger partial charge in [0.1, 0.15) is 5.76 Å². The maximum atomic E-state index is 12.6. The van der Waals surface area contributed by atoms with Crippen LogP contribution in [0.2, 0.25) is 0 Å². The molecule has 168 valence electrons. The monoisotopic (exact) mass is 471 g/mol.